The largest absolute Gasteiger partial charge is 0.488 e. The Balaban J connectivity index is 0.000000323. The summed E-state index contributed by atoms with van der Waals surface area (Å²) in [6.45, 7) is 14.7. The number of aliphatic carboxylic acids is 1. The molecule has 6 aromatic rings. The van der Waals surface area contributed by atoms with Crippen molar-refractivity contribution >= 4 is 52.0 Å². The van der Waals surface area contributed by atoms with E-state index in [1.54, 1.807) is 36.4 Å². The van der Waals surface area contributed by atoms with Gasteiger partial charge < -0.3 is 41.0 Å². The Morgan fingerprint density at radius 2 is 0.890 bits per heavy atom. The Morgan fingerprint density at radius 1 is 0.534 bits per heavy atom. The zero-order valence-corrected chi connectivity index (χ0v) is 43.8. The van der Waals surface area contributed by atoms with Crippen LogP contribution in [0.5, 0.6) is 0 Å². The third kappa shape index (κ3) is 28.7. The molecule has 0 spiro atoms. The first-order valence-electron chi connectivity index (χ1n) is 24.1. The molecule has 392 valence electrons. The van der Waals surface area contributed by atoms with Gasteiger partial charge in [-0.25, -0.2) is 9.59 Å². The van der Waals surface area contributed by atoms with Crippen molar-refractivity contribution < 1.29 is 52.0 Å². The Bertz CT molecular complexity index is 2520. The van der Waals surface area contributed by atoms with Gasteiger partial charge in [-0.3, -0.25) is 9.35 Å². The van der Waals surface area contributed by atoms with Crippen molar-refractivity contribution in [1.29, 1.82) is 0 Å². The molecule has 0 unspecified atom stereocenters. The molecular formula is C57H74BN3O11S. The highest BCUT2D eigenvalue weighted by atomic mass is 32.2. The number of carboxylic acid groups (broad SMARTS) is 1. The van der Waals surface area contributed by atoms with Gasteiger partial charge >= 0.3 is 25.0 Å². The number of para-hydroxylation sites is 2. The van der Waals surface area contributed by atoms with Crippen LogP contribution in [0.1, 0.15) is 77.5 Å². The van der Waals surface area contributed by atoms with Gasteiger partial charge in [0.1, 0.15) is 31.3 Å². The van der Waals surface area contributed by atoms with E-state index in [2.05, 4.69) is 24.5 Å². The molecule has 73 heavy (non-hydrogen) atoms. The number of anilines is 2. The van der Waals surface area contributed by atoms with Crippen molar-refractivity contribution in [3.8, 4) is 0 Å². The lowest BCUT2D eigenvalue weighted by molar-refractivity contribution is -0.147. The quantitative estimate of drug-likeness (QED) is 0.0227. The van der Waals surface area contributed by atoms with E-state index in [0.717, 1.165) is 34.5 Å². The van der Waals surface area contributed by atoms with E-state index in [4.69, 9.17) is 34.9 Å². The number of hydrogen-bond donors (Lipinski definition) is 7. The zero-order valence-electron chi connectivity index (χ0n) is 43.0. The molecular weight excluding hydrogens is 946 g/mol. The second-order valence-electron chi connectivity index (χ2n) is 18.2. The van der Waals surface area contributed by atoms with Gasteiger partial charge in [0.2, 0.25) is 0 Å². The van der Waals surface area contributed by atoms with E-state index in [9.17, 15) is 22.8 Å². The number of carbonyl (C=O) groups is 3. The second kappa shape index (κ2) is 34.5. The van der Waals surface area contributed by atoms with Crippen LogP contribution in [0.2, 0.25) is 0 Å². The summed E-state index contributed by atoms with van der Waals surface area (Å²) in [4.78, 5) is 34.8. The number of carbonyl (C=O) groups excluding carboxylic acids is 2. The Kier molecular flexibility index (Phi) is 29.5. The minimum atomic E-state index is -4.02. The number of aryl methyl sites for hydroxylation is 1. The molecule has 0 saturated carbocycles. The van der Waals surface area contributed by atoms with E-state index in [1.165, 1.54) is 12.1 Å². The molecule has 0 aliphatic rings. The molecule has 0 aliphatic heterocycles. The number of esters is 2. The van der Waals surface area contributed by atoms with Crippen LogP contribution in [0.25, 0.3) is 0 Å². The Labute approximate surface area is 432 Å². The van der Waals surface area contributed by atoms with Gasteiger partial charge in [0.15, 0.2) is 0 Å². The van der Waals surface area contributed by atoms with Crippen molar-refractivity contribution in [2.75, 3.05) is 10.6 Å². The third-order valence-corrected chi connectivity index (χ3v) is 11.0. The number of nitrogens with one attached hydrogen (secondary N) is 2. The zero-order chi connectivity index (χ0) is 54.2. The molecule has 0 aliphatic carbocycles. The van der Waals surface area contributed by atoms with Gasteiger partial charge in [0.05, 0.1) is 4.90 Å². The molecule has 0 fully saturated rings. The van der Waals surface area contributed by atoms with Gasteiger partial charge in [0.25, 0.3) is 10.1 Å². The molecule has 0 heterocycles. The SMILES string of the molecule is CC(C)C[C@H](N)C(=O)OCc1ccccc1.CC(C)C[C@H](Nc1ccccc1)C(=O)O.CC(C)C[C@H](Nc1ccccc1)C(=O)OCc1ccccc1.Cc1ccc(S(=O)(=O)O)cc1.OB(O)c1ccccc1. The molecule has 3 atom stereocenters. The fourth-order valence-corrected chi connectivity index (χ4v) is 6.93. The second-order valence-corrected chi connectivity index (χ2v) is 19.6. The maximum Gasteiger partial charge on any atom is 0.488 e. The first-order chi connectivity index (χ1) is 34.6. The van der Waals surface area contributed by atoms with Crippen LogP contribution in [-0.4, -0.2) is 71.3 Å². The molecule has 6 rings (SSSR count). The summed E-state index contributed by atoms with van der Waals surface area (Å²) in [5, 5.41) is 32.5. The molecule has 0 saturated heterocycles. The average molecular weight is 1020 g/mol. The Hall–Kier alpha value is -6.82. The highest BCUT2D eigenvalue weighted by Gasteiger charge is 2.22. The lowest BCUT2D eigenvalue weighted by atomic mass is 9.81. The summed E-state index contributed by atoms with van der Waals surface area (Å²) in [6.07, 6.45) is 2.03. The average Bonchev–Trinajstić information content (AvgIpc) is 3.36. The summed E-state index contributed by atoms with van der Waals surface area (Å²) in [7, 11) is -5.36. The highest BCUT2D eigenvalue weighted by Crippen LogP contribution is 2.16. The fraction of sp³-hybridized carbons (Fsp3) is 0.316. The molecule has 8 N–H and O–H groups in total. The van der Waals surface area contributed by atoms with E-state index in [0.29, 0.717) is 49.3 Å². The number of hydrogen-bond acceptors (Lipinski definition) is 12. The van der Waals surface area contributed by atoms with Crippen LogP contribution in [0.3, 0.4) is 0 Å². The number of benzene rings is 6. The summed E-state index contributed by atoms with van der Waals surface area (Å²) >= 11 is 0. The van der Waals surface area contributed by atoms with Crippen molar-refractivity contribution in [2.24, 2.45) is 23.5 Å². The maximum atomic E-state index is 12.4. The van der Waals surface area contributed by atoms with E-state index < -0.39 is 35.3 Å². The third-order valence-electron chi connectivity index (χ3n) is 10.1. The molecule has 0 bridgehead atoms. The van der Waals surface area contributed by atoms with Crippen LogP contribution in [0, 0.1) is 24.7 Å². The first kappa shape index (κ1) is 62.3. The topological polar surface area (TPSA) is 235 Å². The van der Waals surface area contributed by atoms with E-state index in [1.807, 2.05) is 162 Å². The lowest BCUT2D eigenvalue weighted by Gasteiger charge is -2.20. The number of carboxylic acids is 1. The minimum absolute atomic E-state index is 0.0666. The minimum Gasteiger partial charge on any atom is -0.480 e. The van der Waals surface area contributed by atoms with Crippen LogP contribution in [0.4, 0.5) is 11.4 Å². The van der Waals surface area contributed by atoms with Crippen LogP contribution in [-0.2, 0) is 47.2 Å². The molecule has 16 heteroatoms. The molecule has 0 aromatic heterocycles. The van der Waals surface area contributed by atoms with Gasteiger partial charge in [-0.15, -0.1) is 0 Å². The van der Waals surface area contributed by atoms with Crippen molar-refractivity contribution in [3.63, 3.8) is 0 Å². The molecule has 14 nitrogen and oxygen atoms in total. The van der Waals surface area contributed by atoms with Crippen LogP contribution >= 0.6 is 0 Å². The smallest absolute Gasteiger partial charge is 0.480 e. The summed E-state index contributed by atoms with van der Waals surface area (Å²) in [5.41, 5.74) is 11.0. The number of ether oxygens (including phenoxy) is 2. The highest BCUT2D eigenvalue weighted by molar-refractivity contribution is 7.85. The predicted octanol–water partition coefficient (Wildman–Crippen LogP) is 9.57. The van der Waals surface area contributed by atoms with Gasteiger partial charge in [0, 0.05) is 11.4 Å². The first-order valence-corrected chi connectivity index (χ1v) is 25.6. The van der Waals surface area contributed by atoms with E-state index >= 15 is 0 Å². The standard InChI is InChI=1S/C19H23NO2.C13H19NO2.C12H17NO2.C7H8O3S.C6H7BO2/c1-15(2)13-18(20-17-11-7-4-8-12-17)19(21)22-14-16-9-5-3-6-10-16;1-10(2)8-12(14)13(15)16-9-11-6-4-3-5-7-11;1-9(2)8-11(12(14)15)13-10-6-4-3-5-7-10;1-6-2-4-7(5-3-6)11(8,9)10;8-7(9)6-4-2-1-3-5-6/h3-12,15,18,20H,13-14H2,1-2H3;3-7,10,12H,8-9,14H2,1-2H3;3-7,9,11,13H,8H2,1-2H3,(H,14,15);2-5H,1H3,(H,8,9,10);1-5,8-9H/t18-;12-;11-;;/m000../s1. The summed E-state index contributed by atoms with van der Waals surface area (Å²) in [5.74, 6) is -0.154. The van der Waals surface area contributed by atoms with E-state index in [-0.39, 0.29) is 22.9 Å². The maximum absolute atomic E-state index is 12.4. The molecule has 0 radical (unpaired) electrons. The summed E-state index contributed by atoms with van der Waals surface area (Å²) in [6, 6.07) is 51.8. The summed E-state index contributed by atoms with van der Waals surface area (Å²) < 4.78 is 40.1. The normalized spacial score (nSPS) is 11.8. The lowest BCUT2D eigenvalue weighted by Crippen LogP contribution is -2.33. The number of nitrogens with two attached hydrogens (primary N) is 1. The van der Waals surface area contributed by atoms with Crippen LogP contribution in [0.15, 0.2) is 181 Å². The molecule has 0 amide bonds. The van der Waals surface area contributed by atoms with Crippen LogP contribution < -0.4 is 21.8 Å². The van der Waals surface area contributed by atoms with Crippen molar-refractivity contribution in [1.82, 2.24) is 0 Å². The van der Waals surface area contributed by atoms with Gasteiger partial charge in [-0.1, -0.05) is 187 Å². The monoisotopic (exact) mass is 1020 g/mol. The number of rotatable bonds is 19. The predicted molar refractivity (Wildman–Crippen MR) is 291 cm³/mol. The Morgan fingerprint density at radius 3 is 1.25 bits per heavy atom. The van der Waals surface area contributed by atoms with Gasteiger partial charge in [-0.2, -0.15) is 8.42 Å². The van der Waals surface area contributed by atoms with Crippen molar-refractivity contribution in [2.45, 2.75) is 104 Å². The van der Waals surface area contributed by atoms with Crippen molar-refractivity contribution in [3.05, 3.63) is 193 Å². The molecule has 6 aromatic carbocycles. The van der Waals surface area contributed by atoms with Gasteiger partial charge in [-0.05, 0) is 96.9 Å². The fourth-order valence-electron chi connectivity index (χ4n) is 6.45.